The van der Waals surface area contributed by atoms with Gasteiger partial charge >= 0.3 is 7.12 Å². The highest BCUT2D eigenvalue weighted by Gasteiger charge is 2.51. The maximum absolute atomic E-state index is 6.22. The zero-order valence-electron chi connectivity index (χ0n) is 16.8. The van der Waals surface area contributed by atoms with Crippen molar-refractivity contribution in [2.24, 2.45) is 0 Å². The van der Waals surface area contributed by atoms with Crippen LogP contribution in [0.1, 0.15) is 65.6 Å². The van der Waals surface area contributed by atoms with Crippen LogP contribution in [0.3, 0.4) is 0 Å². The van der Waals surface area contributed by atoms with Crippen molar-refractivity contribution >= 4 is 12.6 Å². The molecule has 2 aromatic rings. The number of aromatic nitrogens is 2. The van der Waals surface area contributed by atoms with Crippen LogP contribution < -0.4 is 5.46 Å². The van der Waals surface area contributed by atoms with Gasteiger partial charge in [-0.2, -0.15) is 5.10 Å². The third-order valence-corrected chi connectivity index (χ3v) is 6.37. The Balaban J connectivity index is 1.72. The Morgan fingerprint density at radius 1 is 1.04 bits per heavy atom. The van der Waals surface area contributed by atoms with Crippen molar-refractivity contribution in [3.8, 4) is 5.69 Å². The van der Waals surface area contributed by atoms with E-state index in [1.807, 2.05) is 6.20 Å². The van der Waals surface area contributed by atoms with Crippen molar-refractivity contribution in [1.82, 2.24) is 9.78 Å². The first-order chi connectivity index (χ1) is 12.1. The second-order valence-electron chi connectivity index (χ2n) is 9.35. The Hall–Kier alpha value is -1.59. The van der Waals surface area contributed by atoms with E-state index in [0.29, 0.717) is 0 Å². The van der Waals surface area contributed by atoms with Crippen molar-refractivity contribution in [2.45, 2.75) is 77.4 Å². The van der Waals surface area contributed by atoms with Gasteiger partial charge in [0.15, 0.2) is 0 Å². The zero-order chi connectivity index (χ0) is 18.7. The smallest absolute Gasteiger partial charge is 0.399 e. The van der Waals surface area contributed by atoms with Gasteiger partial charge in [-0.1, -0.05) is 26.0 Å². The third-order valence-electron chi connectivity index (χ3n) is 6.37. The Morgan fingerprint density at radius 3 is 2.42 bits per heavy atom. The van der Waals surface area contributed by atoms with Crippen LogP contribution >= 0.6 is 0 Å². The lowest BCUT2D eigenvalue weighted by Crippen LogP contribution is -2.41. The van der Waals surface area contributed by atoms with Crippen molar-refractivity contribution in [3.05, 3.63) is 41.7 Å². The molecule has 0 spiro atoms. The highest BCUT2D eigenvalue weighted by molar-refractivity contribution is 6.62. The molecule has 1 aromatic carbocycles. The van der Waals surface area contributed by atoms with Gasteiger partial charge in [0.2, 0.25) is 0 Å². The van der Waals surface area contributed by atoms with E-state index in [2.05, 4.69) is 70.5 Å². The number of nitrogens with zero attached hydrogens (tertiary/aromatic N) is 2. The molecule has 138 valence electrons. The van der Waals surface area contributed by atoms with Crippen LogP contribution in [-0.4, -0.2) is 28.1 Å². The quantitative estimate of drug-likeness (QED) is 0.772. The van der Waals surface area contributed by atoms with E-state index in [1.165, 1.54) is 24.1 Å². The monoisotopic (exact) mass is 352 g/mol. The fourth-order valence-corrected chi connectivity index (χ4v) is 4.10. The van der Waals surface area contributed by atoms with E-state index >= 15 is 0 Å². The Labute approximate surface area is 157 Å². The molecule has 2 aliphatic rings. The molecule has 26 heavy (non-hydrogen) atoms. The fourth-order valence-electron chi connectivity index (χ4n) is 4.10. The van der Waals surface area contributed by atoms with Gasteiger partial charge in [0, 0.05) is 5.41 Å². The van der Waals surface area contributed by atoms with Crippen molar-refractivity contribution in [2.75, 3.05) is 0 Å². The Bertz CT molecular complexity index is 822. The van der Waals surface area contributed by atoms with Gasteiger partial charge in [-0.25, -0.2) is 4.68 Å². The van der Waals surface area contributed by atoms with Gasteiger partial charge in [-0.15, -0.1) is 0 Å². The van der Waals surface area contributed by atoms with Crippen LogP contribution in [0.5, 0.6) is 0 Å². The van der Waals surface area contributed by atoms with E-state index < -0.39 is 0 Å². The molecular weight excluding hydrogens is 323 g/mol. The summed E-state index contributed by atoms with van der Waals surface area (Å²) in [5.41, 5.74) is 4.32. The molecule has 0 saturated carbocycles. The molecule has 0 radical (unpaired) electrons. The molecule has 5 heteroatoms. The summed E-state index contributed by atoms with van der Waals surface area (Å²) in [6, 6.07) is 8.42. The summed E-state index contributed by atoms with van der Waals surface area (Å²) in [5.74, 6) is 0. The summed E-state index contributed by atoms with van der Waals surface area (Å²) in [6.07, 6.45) is 5.59. The van der Waals surface area contributed by atoms with Gasteiger partial charge < -0.3 is 9.31 Å². The normalized spacial score (nSPS) is 23.1. The van der Waals surface area contributed by atoms with Crippen molar-refractivity contribution < 1.29 is 9.31 Å². The zero-order valence-corrected chi connectivity index (χ0v) is 16.8. The molecule has 1 aromatic heterocycles. The molecule has 0 bridgehead atoms. The minimum absolute atomic E-state index is 0.143. The van der Waals surface area contributed by atoms with Crippen LogP contribution in [0, 0.1) is 0 Å². The average Bonchev–Trinajstić information content (AvgIpc) is 3.07. The predicted molar refractivity (Wildman–Crippen MR) is 105 cm³/mol. The molecule has 0 unspecified atom stereocenters. The number of aryl methyl sites for hydroxylation is 1. The lowest BCUT2D eigenvalue weighted by Gasteiger charge is -2.32. The number of hydrogen-bond donors (Lipinski definition) is 0. The van der Waals surface area contributed by atoms with E-state index in [-0.39, 0.29) is 23.7 Å². The SMILES string of the molecule is CC1(C)CCCc2cnn(-c3cccc(B4OC(C)(C)C(C)(C)O4)c3)c21. The summed E-state index contributed by atoms with van der Waals surface area (Å²) >= 11 is 0. The van der Waals surface area contributed by atoms with Gasteiger partial charge in [0.1, 0.15) is 0 Å². The van der Waals surface area contributed by atoms with Crippen molar-refractivity contribution in [3.63, 3.8) is 0 Å². The minimum Gasteiger partial charge on any atom is -0.399 e. The standard InChI is InChI=1S/C21H29BN2O2/c1-19(2)12-8-9-15-14-23-24(18(15)19)17-11-7-10-16(13-17)22-25-20(3,4)21(5,6)26-22/h7,10-11,13-14H,8-9,12H2,1-6H3. The van der Waals surface area contributed by atoms with Crippen LogP contribution in [0.2, 0.25) is 0 Å². The van der Waals surface area contributed by atoms with Gasteiger partial charge in [0.25, 0.3) is 0 Å². The summed E-state index contributed by atoms with van der Waals surface area (Å²) < 4.78 is 14.6. The fraction of sp³-hybridized carbons (Fsp3) is 0.571. The molecule has 4 nitrogen and oxygen atoms in total. The third kappa shape index (κ3) is 2.73. The van der Waals surface area contributed by atoms with Crippen LogP contribution in [0.15, 0.2) is 30.5 Å². The van der Waals surface area contributed by atoms with Crippen molar-refractivity contribution in [1.29, 1.82) is 0 Å². The maximum Gasteiger partial charge on any atom is 0.494 e. The van der Waals surface area contributed by atoms with Crippen LogP contribution in [-0.2, 0) is 21.1 Å². The second-order valence-corrected chi connectivity index (χ2v) is 9.35. The molecule has 1 fully saturated rings. The molecule has 1 aliphatic heterocycles. The first-order valence-electron chi connectivity index (χ1n) is 9.64. The Kier molecular flexibility index (Phi) is 3.91. The van der Waals surface area contributed by atoms with Crippen LogP contribution in [0.25, 0.3) is 5.69 Å². The average molecular weight is 352 g/mol. The number of rotatable bonds is 2. The predicted octanol–water partition coefficient (Wildman–Crippen LogP) is 3.79. The highest BCUT2D eigenvalue weighted by Crippen LogP contribution is 2.38. The molecular formula is C21H29BN2O2. The summed E-state index contributed by atoms with van der Waals surface area (Å²) in [7, 11) is -0.348. The van der Waals surface area contributed by atoms with Crippen LogP contribution in [0.4, 0.5) is 0 Å². The number of fused-ring (bicyclic) bond motifs is 1. The summed E-state index contributed by atoms with van der Waals surface area (Å²) in [5, 5.41) is 4.72. The molecule has 1 saturated heterocycles. The highest BCUT2D eigenvalue weighted by atomic mass is 16.7. The van der Waals surface area contributed by atoms with Gasteiger partial charge in [0.05, 0.1) is 28.8 Å². The number of benzene rings is 1. The lowest BCUT2D eigenvalue weighted by molar-refractivity contribution is 0.00578. The first kappa shape index (κ1) is 17.8. The first-order valence-corrected chi connectivity index (χ1v) is 9.64. The van der Waals surface area contributed by atoms with Gasteiger partial charge in [-0.05, 0) is 70.1 Å². The molecule has 0 amide bonds. The second kappa shape index (κ2) is 5.70. The molecule has 1 aliphatic carbocycles. The van der Waals surface area contributed by atoms with E-state index in [1.54, 1.807) is 0 Å². The molecule has 4 rings (SSSR count). The summed E-state index contributed by atoms with van der Waals surface area (Å²) in [4.78, 5) is 0. The number of hydrogen-bond acceptors (Lipinski definition) is 3. The topological polar surface area (TPSA) is 36.3 Å². The van der Waals surface area contributed by atoms with Gasteiger partial charge in [-0.3, -0.25) is 0 Å². The van der Waals surface area contributed by atoms with E-state index in [4.69, 9.17) is 14.4 Å². The maximum atomic E-state index is 6.22. The minimum atomic E-state index is -0.348. The lowest BCUT2D eigenvalue weighted by atomic mass is 9.76. The van der Waals surface area contributed by atoms with E-state index in [9.17, 15) is 0 Å². The van der Waals surface area contributed by atoms with E-state index in [0.717, 1.165) is 17.6 Å². The Morgan fingerprint density at radius 2 is 1.73 bits per heavy atom. The molecule has 0 N–H and O–H groups in total. The summed E-state index contributed by atoms with van der Waals surface area (Å²) in [6.45, 7) is 13.0. The largest absolute Gasteiger partial charge is 0.494 e. The molecule has 0 atom stereocenters. The molecule has 2 heterocycles.